The Labute approximate surface area is 825 Å². The minimum atomic E-state index is -3.23. The first kappa shape index (κ1) is 103. The van der Waals surface area contributed by atoms with E-state index in [1.54, 1.807) is 55.5 Å². The average molecular weight is 2020 g/mol. The summed E-state index contributed by atoms with van der Waals surface area (Å²) in [6.07, 6.45) is 20.9. The quantitative estimate of drug-likeness (QED) is 0.0318. The van der Waals surface area contributed by atoms with Crippen LogP contribution in [0, 0.1) is 74.1 Å². The summed E-state index contributed by atoms with van der Waals surface area (Å²) in [7, 11) is -1.70. The fourth-order valence-electron chi connectivity index (χ4n) is 22.0. The second-order valence-corrected chi connectivity index (χ2v) is 44.8. The molecule has 5 atom stereocenters. The Hall–Kier alpha value is -9.39. The molecule has 8 fully saturated rings. The molecule has 5 unspecified atom stereocenters. The van der Waals surface area contributed by atoms with Crippen LogP contribution in [-0.4, -0.2) is 211 Å². The van der Waals surface area contributed by atoms with Crippen molar-refractivity contribution < 1.29 is 71.0 Å². The number of carbonyl (C=O) groups excluding carboxylic acids is 4. The number of aliphatic hydroxyl groups excluding tert-OH is 5. The minimum absolute atomic E-state index is 0.0152. The van der Waals surface area contributed by atoms with Crippen LogP contribution in [0.5, 0.6) is 0 Å². The number of methoxy groups -OCH3 is 1. The van der Waals surface area contributed by atoms with E-state index in [4.69, 9.17) is 62.7 Å². The number of benzene rings is 6. The standard InChI is InChI=1S/C23H25ClFN3O2.C22H24ClFN4O2.C20H25ClFN3O2.C19H26ClN3O3.C17H22ClN3O3S/c1-23(2,21(29)18-19(25)17(24)12-15-13-26-27-20(15)18)16-8-10-28(11-9-16)22(30)14-6-4-3-5-7-14;1-22(2,20(29)17-18(24)16(23)10-14-12-26-27-19(14)17)15-5-8-28(9-6-15)21(30)13-4-3-7-25-11-13;1-20(2,13-5-7-25(8-6-13)19(27)11-3-4-11)18(26)15-16(22)14(21)9-12-10-23-24-17(12)15;1-19(2,13-4-6-23(7-5-13)16(24)11-26-3)18(25)15-9-14(20)8-12-10-21-22-17(12)15;1-25(23,24)21-17-5-2-16(3-6-17,4-7-17)15(22)13-9-12(18)8-11-10-19-20-14(11)13/h3-7,12-13,16,21,29H,8-11H2,1-2H3,(H,26,27);3-4,7,10-12,15,20,29H,5-6,8-9H2,1-2H3,(H,26,27);9-11,13,18,26H,3-8H2,1-2H3,(H,23,24);8-10,13,18,25H,4-7,11H2,1-3H3,(H,21,22);8-10,15,21-22H,2-7H2,1H3,(H,19,20). The lowest BCUT2D eigenvalue weighted by atomic mass is 9.55. The van der Waals surface area contributed by atoms with Gasteiger partial charge in [0.15, 0.2) is 0 Å². The summed E-state index contributed by atoms with van der Waals surface area (Å²) in [5.41, 5.74) is 3.58. The number of rotatable bonds is 21. The molecule has 4 saturated heterocycles. The molecule has 138 heavy (non-hydrogen) atoms. The van der Waals surface area contributed by atoms with Crippen molar-refractivity contribution in [1.82, 2.24) is 80.3 Å². The van der Waals surface area contributed by atoms with Gasteiger partial charge in [-0.15, -0.1) is 0 Å². The predicted molar refractivity (Wildman–Crippen MR) is 527 cm³/mol. The van der Waals surface area contributed by atoms with Gasteiger partial charge < -0.3 is 49.9 Å². The van der Waals surface area contributed by atoms with E-state index in [1.165, 1.54) is 31.6 Å². The molecule has 8 aliphatic rings. The van der Waals surface area contributed by atoms with Crippen molar-refractivity contribution in [3.05, 3.63) is 210 Å². The van der Waals surface area contributed by atoms with Gasteiger partial charge in [0.2, 0.25) is 21.8 Å². The van der Waals surface area contributed by atoms with Gasteiger partial charge >= 0.3 is 0 Å². The lowest BCUT2D eigenvalue weighted by molar-refractivity contribution is -0.138. The molecule has 4 saturated carbocycles. The molecule has 20 rings (SSSR count). The Kier molecular flexibility index (Phi) is 31.4. The van der Waals surface area contributed by atoms with Gasteiger partial charge in [-0.1, -0.05) is 132 Å². The zero-order valence-corrected chi connectivity index (χ0v) is 83.7. The number of sulfonamides is 1. The normalized spacial score (nSPS) is 20.1. The Morgan fingerprint density at radius 2 is 0.790 bits per heavy atom. The summed E-state index contributed by atoms with van der Waals surface area (Å²) in [6, 6.07) is 24.6. The second kappa shape index (κ2) is 42.0. The fourth-order valence-corrected chi connectivity index (χ4v) is 24.2. The number of hydrogen-bond donors (Lipinski definition) is 11. The Balaban J connectivity index is 0.000000131. The first-order chi connectivity index (χ1) is 65.5. The van der Waals surface area contributed by atoms with Crippen LogP contribution < -0.4 is 4.72 Å². The molecule has 4 aliphatic heterocycles. The number of ether oxygens (including phenoxy) is 1. The van der Waals surface area contributed by atoms with Crippen molar-refractivity contribution in [2.75, 3.05) is 72.3 Å². The summed E-state index contributed by atoms with van der Waals surface area (Å²) >= 11 is 30.6. The number of hydrogen-bond acceptors (Lipinski definition) is 18. The number of nitrogens with one attached hydrogen (secondary N) is 6. The van der Waals surface area contributed by atoms with Crippen LogP contribution in [-0.2, 0) is 24.3 Å². The van der Waals surface area contributed by atoms with E-state index < -0.39 is 74.2 Å². The van der Waals surface area contributed by atoms with Crippen LogP contribution in [0.25, 0.3) is 54.5 Å². The molecule has 740 valence electrons. The highest BCUT2D eigenvalue weighted by Gasteiger charge is 2.54. The monoisotopic (exact) mass is 2010 g/mol. The number of pyridine rings is 1. The molecule has 2 bridgehead atoms. The fraction of sp³-hybridized carbons (Fsp3) is 0.505. The van der Waals surface area contributed by atoms with Crippen LogP contribution in [0.15, 0.2) is 128 Å². The van der Waals surface area contributed by atoms with Gasteiger partial charge in [0.25, 0.3) is 11.8 Å². The number of likely N-dealkylation sites (tertiary alicyclic amines) is 4. The predicted octanol–water partition coefficient (Wildman–Crippen LogP) is 19.4. The van der Waals surface area contributed by atoms with Crippen molar-refractivity contribution >= 4 is 146 Å². The highest BCUT2D eigenvalue weighted by atomic mass is 35.5. The van der Waals surface area contributed by atoms with E-state index >= 15 is 0 Å². The maximum Gasteiger partial charge on any atom is 0.255 e. The third-order valence-corrected chi connectivity index (χ3v) is 33.2. The molecule has 28 nitrogen and oxygen atoms in total. The van der Waals surface area contributed by atoms with Gasteiger partial charge in [-0.3, -0.25) is 49.7 Å². The van der Waals surface area contributed by atoms with Crippen LogP contribution >= 0.6 is 58.0 Å². The topological polar surface area (TPSA) is 394 Å². The van der Waals surface area contributed by atoms with Gasteiger partial charge in [-0.25, -0.2) is 26.3 Å². The van der Waals surface area contributed by atoms with Crippen molar-refractivity contribution in [2.24, 2.45) is 56.7 Å². The molecule has 37 heteroatoms. The minimum Gasteiger partial charge on any atom is -0.388 e. The summed E-state index contributed by atoms with van der Waals surface area (Å²) < 4.78 is 75.8. The number of aromatic amines is 5. The van der Waals surface area contributed by atoms with Crippen molar-refractivity contribution in [2.45, 2.75) is 194 Å². The molecular formula is C101H122Cl5F3N16O12S. The summed E-state index contributed by atoms with van der Waals surface area (Å²) in [6.45, 7) is 21.1. The Morgan fingerprint density at radius 3 is 1.16 bits per heavy atom. The average Bonchev–Trinajstić information content (AvgIpc) is 0.788. The summed E-state index contributed by atoms with van der Waals surface area (Å²) in [5.74, 6) is -0.662. The lowest BCUT2D eigenvalue weighted by Gasteiger charge is -2.55. The van der Waals surface area contributed by atoms with Gasteiger partial charge in [-0.2, -0.15) is 25.5 Å². The molecule has 6 aromatic carbocycles. The number of carbonyl (C=O) groups is 4. The highest BCUT2D eigenvalue weighted by Crippen LogP contribution is 2.60. The third kappa shape index (κ3) is 21.7. The molecule has 11 N–H and O–H groups in total. The van der Waals surface area contributed by atoms with Crippen LogP contribution in [0.3, 0.4) is 0 Å². The molecule has 12 aromatic rings. The number of fused-ring (bicyclic) bond motifs is 8. The summed E-state index contributed by atoms with van der Waals surface area (Å²) in [4.78, 5) is 61.1. The SMILES string of the molecule is CC(C)(C1CCN(C(=O)C2CC2)CC1)C(O)c1c(F)c(Cl)cc2cn[nH]c12.CC(C)(C1CCN(C(=O)c2ccccc2)CC1)C(O)c1c(F)c(Cl)cc2cn[nH]c12.CC(C)(C1CCN(C(=O)c2cccnc2)CC1)C(O)c1c(F)c(Cl)cc2cn[nH]c12.COCC(=O)N1CCC(C(C)(C)C(O)c2cc(Cl)cc3cn[nH]c23)CC1.CS(=O)(=O)NC12CCC(C(O)c3cc(Cl)cc4cn[nH]c34)(CC1)CC2. The number of halogens is 8. The van der Waals surface area contributed by atoms with E-state index in [2.05, 4.69) is 74.5 Å². The summed E-state index contributed by atoms with van der Waals surface area (Å²) in [5, 5.41) is 95.3. The first-order valence-electron chi connectivity index (χ1n) is 47.1. The smallest absolute Gasteiger partial charge is 0.255 e. The van der Waals surface area contributed by atoms with Crippen molar-refractivity contribution in [3.63, 3.8) is 0 Å². The van der Waals surface area contributed by atoms with Gasteiger partial charge in [0.05, 0.1) is 116 Å². The first-order valence-corrected chi connectivity index (χ1v) is 50.9. The van der Waals surface area contributed by atoms with E-state index in [1.807, 2.05) is 116 Å². The maximum absolute atomic E-state index is 14.9. The zero-order chi connectivity index (χ0) is 99.0. The molecular weight excluding hydrogens is 1900 g/mol. The van der Waals surface area contributed by atoms with Gasteiger partial charge in [0.1, 0.15) is 24.1 Å². The molecule has 4 aliphatic carbocycles. The second-order valence-electron chi connectivity index (χ2n) is 40.9. The lowest BCUT2D eigenvalue weighted by Crippen LogP contribution is -2.57. The van der Waals surface area contributed by atoms with Gasteiger partial charge in [0, 0.05) is 159 Å². The number of aromatic nitrogens is 11. The molecule has 0 radical (unpaired) electrons. The van der Waals surface area contributed by atoms with Crippen LogP contribution in [0.2, 0.25) is 25.1 Å². The van der Waals surface area contributed by atoms with Crippen molar-refractivity contribution in [3.8, 4) is 0 Å². The van der Waals surface area contributed by atoms with E-state index in [0.29, 0.717) is 125 Å². The van der Waals surface area contributed by atoms with E-state index in [0.717, 1.165) is 123 Å². The van der Waals surface area contributed by atoms with E-state index in [9.17, 15) is 66.3 Å². The largest absolute Gasteiger partial charge is 0.388 e. The maximum atomic E-state index is 14.9. The number of nitrogens with zero attached hydrogens (tertiary/aromatic N) is 10. The number of amides is 4. The van der Waals surface area contributed by atoms with Gasteiger partial charge in [-0.05, 0) is 215 Å². The zero-order valence-electron chi connectivity index (χ0n) is 79.1. The molecule has 4 amide bonds. The number of piperidine rings is 4. The van der Waals surface area contributed by atoms with Crippen molar-refractivity contribution in [1.29, 1.82) is 0 Å². The molecule has 6 aromatic heterocycles. The number of H-pyrrole nitrogens is 5. The number of aliphatic hydroxyl groups is 5. The molecule has 0 spiro atoms. The Bertz CT molecular complexity index is 6290. The van der Waals surface area contributed by atoms with Crippen LogP contribution in [0.1, 0.15) is 237 Å². The van der Waals surface area contributed by atoms with Crippen LogP contribution in [0.4, 0.5) is 13.2 Å². The Morgan fingerprint density at radius 1 is 0.449 bits per heavy atom. The molecule has 10 heterocycles. The third-order valence-electron chi connectivity index (χ3n) is 31.2. The highest BCUT2D eigenvalue weighted by molar-refractivity contribution is 7.88. The van der Waals surface area contributed by atoms with E-state index in [-0.39, 0.29) is 102 Å².